The standard InChI is InChI=1S/C23H30F3N3O3/c1-14(15-5-7-17(8-6-15)23(24,25)26)27-18(30)13-29-19(31)22(28-20(29)32)11-9-16(10-12-22)21(2,3)4/h5-8,14,16H,9-13H2,1-4H3,(H,27,30)(H,28,32). The Hall–Kier alpha value is -2.58. The number of halogens is 3. The Morgan fingerprint density at radius 1 is 1.16 bits per heavy atom. The van der Waals surface area contributed by atoms with Gasteiger partial charge in [0.25, 0.3) is 5.91 Å². The Kier molecular flexibility index (Phi) is 6.32. The molecule has 1 aromatic rings. The van der Waals surface area contributed by atoms with Crippen LogP contribution >= 0.6 is 0 Å². The summed E-state index contributed by atoms with van der Waals surface area (Å²) in [6.07, 6.45) is -1.71. The first-order valence-electron chi connectivity index (χ1n) is 10.8. The molecule has 32 heavy (non-hydrogen) atoms. The van der Waals surface area contributed by atoms with Gasteiger partial charge in [0, 0.05) is 0 Å². The first-order chi connectivity index (χ1) is 14.7. The Balaban J connectivity index is 1.59. The van der Waals surface area contributed by atoms with Crippen LogP contribution in [0.25, 0.3) is 0 Å². The van der Waals surface area contributed by atoms with Crippen molar-refractivity contribution in [2.45, 2.75) is 71.1 Å². The van der Waals surface area contributed by atoms with E-state index in [1.165, 1.54) is 12.1 Å². The van der Waals surface area contributed by atoms with Gasteiger partial charge in [0.15, 0.2) is 0 Å². The van der Waals surface area contributed by atoms with Gasteiger partial charge in [-0.2, -0.15) is 13.2 Å². The average Bonchev–Trinajstić information content (AvgIpc) is 2.91. The van der Waals surface area contributed by atoms with E-state index >= 15 is 0 Å². The summed E-state index contributed by atoms with van der Waals surface area (Å²) in [4.78, 5) is 38.9. The summed E-state index contributed by atoms with van der Waals surface area (Å²) in [6, 6.07) is 3.33. The number of amides is 4. The number of hydrogen-bond donors (Lipinski definition) is 2. The summed E-state index contributed by atoms with van der Waals surface area (Å²) in [5, 5.41) is 5.45. The van der Waals surface area contributed by atoms with Gasteiger partial charge >= 0.3 is 12.2 Å². The Morgan fingerprint density at radius 2 is 1.72 bits per heavy atom. The van der Waals surface area contributed by atoms with Crippen LogP contribution in [0.5, 0.6) is 0 Å². The predicted octanol–water partition coefficient (Wildman–Crippen LogP) is 4.41. The molecule has 1 aliphatic carbocycles. The molecule has 0 radical (unpaired) electrons. The van der Waals surface area contributed by atoms with E-state index in [1.807, 2.05) is 0 Å². The van der Waals surface area contributed by atoms with Crippen LogP contribution < -0.4 is 10.6 Å². The summed E-state index contributed by atoms with van der Waals surface area (Å²) in [5.74, 6) is -0.478. The van der Waals surface area contributed by atoms with Crippen molar-refractivity contribution in [1.29, 1.82) is 0 Å². The van der Waals surface area contributed by atoms with Crippen molar-refractivity contribution >= 4 is 17.8 Å². The molecule has 1 saturated heterocycles. The van der Waals surface area contributed by atoms with Gasteiger partial charge in [-0.15, -0.1) is 0 Å². The zero-order valence-electron chi connectivity index (χ0n) is 18.8. The van der Waals surface area contributed by atoms with Crippen LogP contribution in [0.1, 0.15) is 70.5 Å². The van der Waals surface area contributed by atoms with Crippen LogP contribution in [0.2, 0.25) is 0 Å². The second-order valence-electron chi connectivity index (χ2n) is 9.95. The number of rotatable bonds is 4. The summed E-state index contributed by atoms with van der Waals surface area (Å²) >= 11 is 0. The average molecular weight is 454 g/mol. The van der Waals surface area contributed by atoms with Crippen molar-refractivity contribution in [2.75, 3.05) is 6.54 Å². The molecule has 2 N–H and O–H groups in total. The molecular formula is C23H30F3N3O3. The fraction of sp³-hybridized carbons (Fsp3) is 0.609. The summed E-state index contributed by atoms with van der Waals surface area (Å²) < 4.78 is 38.2. The second-order valence-corrected chi connectivity index (χ2v) is 9.95. The van der Waals surface area contributed by atoms with E-state index in [-0.39, 0.29) is 11.3 Å². The molecule has 1 heterocycles. The normalized spacial score (nSPS) is 25.1. The third-order valence-electron chi connectivity index (χ3n) is 6.73. The van der Waals surface area contributed by atoms with Crippen molar-refractivity contribution in [2.24, 2.45) is 11.3 Å². The van der Waals surface area contributed by atoms with E-state index in [0.717, 1.165) is 29.9 Å². The molecule has 176 valence electrons. The van der Waals surface area contributed by atoms with E-state index < -0.39 is 41.8 Å². The molecule has 4 amide bonds. The minimum atomic E-state index is -4.43. The Bertz CT molecular complexity index is 882. The third-order valence-corrected chi connectivity index (χ3v) is 6.73. The van der Waals surface area contributed by atoms with Crippen LogP contribution in [-0.2, 0) is 15.8 Å². The van der Waals surface area contributed by atoms with Crippen LogP contribution in [-0.4, -0.2) is 34.8 Å². The number of imide groups is 1. The molecule has 0 aromatic heterocycles. The zero-order valence-corrected chi connectivity index (χ0v) is 18.8. The fourth-order valence-corrected chi connectivity index (χ4v) is 4.61. The van der Waals surface area contributed by atoms with Crippen molar-refractivity contribution in [3.63, 3.8) is 0 Å². The maximum absolute atomic E-state index is 13.0. The van der Waals surface area contributed by atoms with Gasteiger partial charge in [-0.3, -0.25) is 14.5 Å². The van der Waals surface area contributed by atoms with E-state index in [2.05, 4.69) is 31.4 Å². The van der Waals surface area contributed by atoms with Crippen LogP contribution in [0, 0.1) is 11.3 Å². The number of carbonyl (C=O) groups excluding carboxylic acids is 3. The van der Waals surface area contributed by atoms with Crippen molar-refractivity contribution in [3.8, 4) is 0 Å². The fourth-order valence-electron chi connectivity index (χ4n) is 4.61. The van der Waals surface area contributed by atoms with Crippen molar-refractivity contribution in [3.05, 3.63) is 35.4 Å². The van der Waals surface area contributed by atoms with Gasteiger partial charge in [0.1, 0.15) is 12.1 Å². The van der Waals surface area contributed by atoms with Gasteiger partial charge < -0.3 is 10.6 Å². The quantitative estimate of drug-likeness (QED) is 0.663. The molecular weight excluding hydrogens is 423 g/mol. The molecule has 1 spiro atoms. The van der Waals surface area contributed by atoms with Crippen LogP contribution in [0.15, 0.2) is 24.3 Å². The number of alkyl halides is 3. The highest BCUT2D eigenvalue weighted by Gasteiger charge is 2.53. The number of nitrogens with zero attached hydrogens (tertiary/aromatic N) is 1. The van der Waals surface area contributed by atoms with E-state index in [0.29, 0.717) is 24.3 Å². The summed E-state index contributed by atoms with van der Waals surface area (Å²) in [5.41, 5.74) is -1.11. The lowest BCUT2D eigenvalue weighted by atomic mass is 9.67. The zero-order chi connectivity index (χ0) is 23.9. The first kappa shape index (κ1) is 24.1. The van der Waals surface area contributed by atoms with Crippen molar-refractivity contribution in [1.82, 2.24) is 15.5 Å². The topological polar surface area (TPSA) is 78.5 Å². The molecule has 3 rings (SSSR count). The minimum absolute atomic E-state index is 0.126. The number of nitrogens with one attached hydrogen (secondary N) is 2. The number of carbonyl (C=O) groups is 3. The monoisotopic (exact) mass is 453 g/mol. The van der Waals surface area contributed by atoms with Gasteiger partial charge in [-0.1, -0.05) is 32.9 Å². The highest BCUT2D eigenvalue weighted by Crippen LogP contribution is 2.43. The smallest absolute Gasteiger partial charge is 0.348 e. The lowest BCUT2D eigenvalue weighted by Crippen LogP contribution is -2.51. The van der Waals surface area contributed by atoms with E-state index in [4.69, 9.17) is 0 Å². The minimum Gasteiger partial charge on any atom is -0.348 e. The number of benzene rings is 1. The molecule has 1 atom stereocenters. The number of hydrogen-bond acceptors (Lipinski definition) is 3. The van der Waals surface area contributed by atoms with Crippen LogP contribution in [0.3, 0.4) is 0 Å². The van der Waals surface area contributed by atoms with Crippen molar-refractivity contribution < 1.29 is 27.6 Å². The highest BCUT2D eigenvalue weighted by atomic mass is 19.4. The lowest BCUT2D eigenvalue weighted by Gasteiger charge is -2.40. The molecule has 2 fully saturated rings. The lowest BCUT2D eigenvalue weighted by molar-refractivity contribution is -0.137. The van der Waals surface area contributed by atoms with Crippen LogP contribution in [0.4, 0.5) is 18.0 Å². The first-order valence-corrected chi connectivity index (χ1v) is 10.8. The van der Waals surface area contributed by atoms with E-state index in [9.17, 15) is 27.6 Å². The molecule has 1 aromatic carbocycles. The van der Waals surface area contributed by atoms with Gasteiger partial charge in [-0.25, -0.2) is 4.79 Å². The third kappa shape index (κ3) is 4.91. The maximum atomic E-state index is 13.0. The molecule has 6 nitrogen and oxygen atoms in total. The molecule has 1 aliphatic heterocycles. The molecule has 1 unspecified atom stereocenters. The van der Waals surface area contributed by atoms with Gasteiger partial charge in [0.05, 0.1) is 11.6 Å². The molecule has 1 saturated carbocycles. The maximum Gasteiger partial charge on any atom is 0.416 e. The summed E-state index contributed by atoms with van der Waals surface area (Å²) in [7, 11) is 0. The second kappa shape index (κ2) is 8.41. The Labute approximate surface area is 185 Å². The van der Waals surface area contributed by atoms with E-state index in [1.54, 1.807) is 6.92 Å². The van der Waals surface area contributed by atoms with Gasteiger partial charge in [-0.05, 0) is 61.6 Å². The Morgan fingerprint density at radius 3 is 2.22 bits per heavy atom. The highest BCUT2D eigenvalue weighted by molar-refractivity contribution is 6.09. The largest absolute Gasteiger partial charge is 0.416 e. The summed E-state index contributed by atoms with van der Waals surface area (Å²) in [6.45, 7) is 7.69. The molecule has 0 bridgehead atoms. The SMILES string of the molecule is CC(NC(=O)CN1C(=O)NC2(CCC(C(C)(C)C)CC2)C1=O)c1ccc(C(F)(F)F)cc1. The number of urea groups is 1. The predicted molar refractivity (Wildman–Crippen MR) is 112 cm³/mol. The molecule has 9 heteroatoms. The van der Waals surface area contributed by atoms with Gasteiger partial charge in [0.2, 0.25) is 5.91 Å². The molecule has 2 aliphatic rings.